The molecule has 4 nitrogen and oxygen atoms in total. The van der Waals surface area contributed by atoms with E-state index < -0.39 is 25.3 Å². The molecule has 0 aromatic carbocycles. The molecule has 0 saturated heterocycles. The van der Waals surface area contributed by atoms with E-state index in [1.165, 1.54) is 0 Å². The van der Waals surface area contributed by atoms with Gasteiger partial charge in [-0.15, -0.1) is 0 Å². The molecule has 0 bridgehead atoms. The van der Waals surface area contributed by atoms with Crippen LogP contribution in [0.15, 0.2) is 0 Å². The Morgan fingerprint density at radius 1 is 1.50 bits per heavy atom. The Bertz CT molecular complexity index is 209. The molecule has 0 fully saturated rings. The second-order valence-corrected chi connectivity index (χ2v) is 3.46. The first-order valence-corrected chi connectivity index (χ1v) is 5.02. The van der Waals surface area contributed by atoms with E-state index in [1.807, 2.05) is 6.92 Å². The van der Waals surface area contributed by atoms with E-state index in [9.17, 15) is 18.0 Å². The van der Waals surface area contributed by atoms with Crippen molar-refractivity contribution in [1.82, 2.24) is 5.32 Å². The lowest BCUT2D eigenvalue weighted by atomic mass is 10.2. The third-order valence-corrected chi connectivity index (χ3v) is 1.72. The van der Waals surface area contributed by atoms with Crippen LogP contribution in [0.25, 0.3) is 0 Å². The van der Waals surface area contributed by atoms with Crippen LogP contribution in [0.1, 0.15) is 19.8 Å². The minimum Gasteiger partial charge on any atom is -0.362 e. The number of alkyl halides is 3. The lowest BCUT2D eigenvalue weighted by Crippen LogP contribution is -2.39. The van der Waals surface area contributed by atoms with Crippen LogP contribution < -0.4 is 11.1 Å². The summed E-state index contributed by atoms with van der Waals surface area (Å²) in [6.07, 6.45) is -2.76. The molecule has 0 saturated carbocycles. The maximum absolute atomic E-state index is 11.6. The summed E-state index contributed by atoms with van der Waals surface area (Å²) in [5.41, 5.74) is 5.59. The molecule has 96 valence electrons. The molecule has 0 aliphatic carbocycles. The number of amides is 1. The molecule has 0 aliphatic rings. The second kappa shape index (κ2) is 7.45. The zero-order valence-electron chi connectivity index (χ0n) is 9.14. The van der Waals surface area contributed by atoms with Crippen LogP contribution in [-0.4, -0.2) is 37.9 Å². The van der Waals surface area contributed by atoms with Gasteiger partial charge in [-0.2, -0.15) is 13.2 Å². The Morgan fingerprint density at radius 2 is 2.12 bits per heavy atom. The van der Waals surface area contributed by atoms with Crippen LogP contribution in [-0.2, 0) is 9.53 Å². The van der Waals surface area contributed by atoms with Crippen LogP contribution in [0.5, 0.6) is 0 Å². The van der Waals surface area contributed by atoms with Crippen molar-refractivity contribution in [2.75, 3.05) is 19.8 Å². The average Bonchev–Trinajstić information content (AvgIpc) is 2.13. The summed E-state index contributed by atoms with van der Waals surface area (Å²) in [6.45, 7) is 0.190. The van der Waals surface area contributed by atoms with Crippen LogP contribution >= 0.6 is 0 Å². The molecule has 0 aromatic rings. The molecule has 0 radical (unpaired) electrons. The number of hydrogen-bond donors (Lipinski definition) is 2. The number of nitrogens with two attached hydrogens (primary N) is 1. The van der Waals surface area contributed by atoms with Gasteiger partial charge in [0, 0.05) is 12.6 Å². The lowest BCUT2D eigenvalue weighted by Gasteiger charge is -2.12. The van der Waals surface area contributed by atoms with E-state index >= 15 is 0 Å². The van der Waals surface area contributed by atoms with E-state index in [2.05, 4.69) is 10.1 Å². The second-order valence-electron chi connectivity index (χ2n) is 3.46. The molecule has 1 amide bonds. The summed E-state index contributed by atoms with van der Waals surface area (Å²) < 4.78 is 39.1. The van der Waals surface area contributed by atoms with Gasteiger partial charge in [-0.3, -0.25) is 4.79 Å². The van der Waals surface area contributed by atoms with Crippen LogP contribution in [0.2, 0.25) is 0 Å². The van der Waals surface area contributed by atoms with Gasteiger partial charge in [0.2, 0.25) is 5.91 Å². The predicted octanol–water partition coefficient (Wildman–Crippen LogP) is 0.809. The molecule has 0 rings (SSSR count). The Morgan fingerprint density at radius 3 is 2.62 bits per heavy atom. The van der Waals surface area contributed by atoms with E-state index in [-0.39, 0.29) is 12.6 Å². The predicted molar refractivity (Wildman–Crippen MR) is 52.8 cm³/mol. The first-order valence-electron chi connectivity index (χ1n) is 5.02. The van der Waals surface area contributed by atoms with Crippen molar-refractivity contribution in [2.24, 2.45) is 5.73 Å². The lowest BCUT2D eigenvalue weighted by molar-refractivity contribution is -0.175. The van der Waals surface area contributed by atoms with Crippen LogP contribution in [0, 0.1) is 0 Å². The fraction of sp³-hybridized carbons (Fsp3) is 0.889. The Labute approximate surface area is 92.3 Å². The largest absolute Gasteiger partial charge is 0.411 e. The molecule has 1 unspecified atom stereocenters. The Balaban J connectivity index is 3.52. The summed E-state index contributed by atoms with van der Waals surface area (Å²) in [4.78, 5) is 11.0. The monoisotopic (exact) mass is 242 g/mol. The molecule has 16 heavy (non-hydrogen) atoms. The van der Waals surface area contributed by atoms with Gasteiger partial charge in [0.1, 0.15) is 13.2 Å². The highest BCUT2D eigenvalue weighted by Gasteiger charge is 2.27. The fourth-order valence-electron chi connectivity index (χ4n) is 1.03. The quantitative estimate of drug-likeness (QED) is 0.694. The molecule has 0 heterocycles. The van der Waals surface area contributed by atoms with Crippen molar-refractivity contribution in [3.05, 3.63) is 0 Å². The smallest absolute Gasteiger partial charge is 0.362 e. The molecule has 1 atom stereocenters. The number of rotatable bonds is 7. The zero-order chi connectivity index (χ0) is 12.6. The van der Waals surface area contributed by atoms with Crippen molar-refractivity contribution in [2.45, 2.75) is 32.0 Å². The third kappa shape index (κ3) is 9.72. The van der Waals surface area contributed by atoms with Gasteiger partial charge >= 0.3 is 6.18 Å². The highest BCUT2D eigenvalue weighted by Crippen LogP contribution is 2.13. The Hall–Kier alpha value is -0.820. The van der Waals surface area contributed by atoms with Crippen LogP contribution in [0.4, 0.5) is 13.2 Å². The summed E-state index contributed by atoms with van der Waals surface area (Å²) >= 11 is 0. The summed E-state index contributed by atoms with van der Waals surface area (Å²) in [7, 11) is 0. The topological polar surface area (TPSA) is 64.3 Å². The fourth-order valence-corrected chi connectivity index (χ4v) is 1.03. The SMILES string of the molecule is CCCC(N)CNC(=O)COCC(F)(F)F. The maximum atomic E-state index is 11.6. The first kappa shape index (κ1) is 15.2. The molecule has 0 aliphatic heterocycles. The highest BCUT2D eigenvalue weighted by atomic mass is 19.4. The van der Waals surface area contributed by atoms with Gasteiger partial charge in [-0.25, -0.2) is 0 Å². The van der Waals surface area contributed by atoms with E-state index in [0.29, 0.717) is 0 Å². The van der Waals surface area contributed by atoms with E-state index in [1.54, 1.807) is 0 Å². The summed E-state index contributed by atoms with van der Waals surface area (Å²) in [6, 6.07) is -0.170. The van der Waals surface area contributed by atoms with Gasteiger partial charge in [0.05, 0.1) is 0 Å². The van der Waals surface area contributed by atoms with Crippen molar-refractivity contribution < 1.29 is 22.7 Å². The molecule has 7 heteroatoms. The summed E-state index contributed by atoms with van der Waals surface area (Å²) in [5.74, 6) is -0.587. The van der Waals surface area contributed by atoms with Crippen molar-refractivity contribution in [3.8, 4) is 0 Å². The van der Waals surface area contributed by atoms with E-state index in [0.717, 1.165) is 12.8 Å². The van der Waals surface area contributed by atoms with Crippen molar-refractivity contribution in [1.29, 1.82) is 0 Å². The average molecular weight is 242 g/mol. The van der Waals surface area contributed by atoms with Gasteiger partial charge in [0.15, 0.2) is 0 Å². The standard InChI is InChI=1S/C9H17F3N2O2/c1-2-3-7(13)4-14-8(15)5-16-6-9(10,11)12/h7H,2-6,13H2,1H3,(H,14,15). The van der Waals surface area contributed by atoms with Gasteiger partial charge in [-0.1, -0.05) is 13.3 Å². The molecular formula is C9H17F3N2O2. The number of carbonyl (C=O) groups is 1. The third-order valence-electron chi connectivity index (χ3n) is 1.72. The molecular weight excluding hydrogens is 225 g/mol. The van der Waals surface area contributed by atoms with E-state index in [4.69, 9.17) is 5.73 Å². The molecule has 3 N–H and O–H groups in total. The number of halogens is 3. The van der Waals surface area contributed by atoms with Gasteiger partial charge in [-0.05, 0) is 6.42 Å². The number of hydrogen-bond acceptors (Lipinski definition) is 3. The number of nitrogens with one attached hydrogen (secondary N) is 1. The first-order chi connectivity index (χ1) is 7.35. The summed E-state index contributed by atoms with van der Waals surface area (Å²) in [5, 5.41) is 2.40. The minimum atomic E-state index is -4.40. The Kier molecular flexibility index (Phi) is 7.07. The highest BCUT2D eigenvalue weighted by molar-refractivity contribution is 5.77. The van der Waals surface area contributed by atoms with Gasteiger partial charge < -0.3 is 15.8 Å². The van der Waals surface area contributed by atoms with Crippen LogP contribution in [0.3, 0.4) is 0 Å². The molecule has 0 aromatic heterocycles. The molecule has 0 spiro atoms. The van der Waals surface area contributed by atoms with Crippen molar-refractivity contribution >= 4 is 5.91 Å². The van der Waals surface area contributed by atoms with Gasteiger partial charge in [0.25, 0.3) is 0 Å². The number of ether oxygens (including phenoxy) is 1. The normalized spacial score (nSPS) is 13.6. The van der Waals surface area contributed by atoms with Crippen molar-refractivity contribution in [3.63, 3.8) is 0 Å². The minimum absolute atomic E-state index is 0.170. The maximum Gasteiger partial charge on any atom is 0.411 e. The zero-order valence-corrected chi connectivity index (χ0v) is 9.14. The number of carbonyl (C=O) groups excluding carboxylic acids is 1.